The molecule has 1 unspecified atom stereocenters. The molecule has 0 aromatic heterocycles. The van der Waals surface area contributed by atoms with Crippen molar-refractivity contribution in [3.63, 3.8) is 0 Å². The van der Waals surface area contributed by atoms with Gasteiger partial charge in [0.15, 0.2) is 0 Å². The summed E-state index contributed by atoms with van der Waals surface area (Å²) >= 11 is 0. The van der Waals surface area contributed by atoms with Gasteiger partial charge in [-0.05, 0) is 65.2 Å². The Morgan fingerprint density at radius 2 is 1.67 bits per heavy atom. The minimum Gasteiger partial charge on any atom is -0.469 e. The van der Waals surface area contributed by atoms with Crippen molar-refractivity contribution in [2.45, 2.75) is 96.9 Å². The summed E-state index contributed by atoms with van der Waals surface area (Å²) in [6.45, 7) is 10.5. The molecular formula is C21H37NO5. The Kier molecular flexibility index (Phi) is 7.55. The molecule has 1 aliphatic carbocycles. The standard InChI is InChI=1S/C21H37NO5/c1-14(2)18-12-9-16(22(18)20(24)27-21(3,4)5)13-26-17-10-7-15(8-11-17)19(23)25-6/h14-18H,7-13H2,1-6H3/t15?,16?,17?,18-/m1/s1. The van der Waals surface area contributed by atoms with E-state index in [2.05, 4.69) is 13.8 Å². The van der Waals surface area contributed by atoms with Crippen molar-refractivity contribution in [2.75, 3.05) is 13.7 Å². The molecule has 2 atom stereocenters. The first kappa shape index (κ1) is 22.0. The summed E-state index contributed by atoms with van der Waals surface area (Å²) in [5, 5.41) is 0. The second kappa shape index (κ2) is 9.26. The van der Waals surface area contributed by atoms with E-state index in [1.165, 1.54) is 7.11 Å². The van der Waals surface area contributed by atoms with Gasteiger partial charge in [-0.2, -0.15) is 0 Å². The average molecular weight is 384 g/mol. The molecule has 0 aromatic carbocycles. The molecule has 1 saturated carbocycles. The van der Waals surface area contributed by atoms with Crippen LogP contribution in [0, 0.1) is 11.8 Å². The van der Waals surface area contributed by atoms with E-state index in [9.17, 15) is 9.59 Å². The Bertz CT molecular complexity index is 505. The Morgan fingerprint density at radius 3 is 2.19 bits per heavy atom. The SMILES string of the molecule is COC(=O)C1CCC(OCC2CC[C@H](C(C)C)N2C(=O)OC(C)(C)C)CC1. The van der Waals surface area contributed by atoms with Crippen molar-refractivity contribution in [3.05, 3.63) is 0 Å². The summed E-state index contributed by atoms with van der Waals surface area (Å²) in [5.41, 5.74) is -0.501. The normalized spacial score (nSPS) is 29.1. The van der Waals surface area contributed by atoms with Gasteiger partial charge in [0.2, 0.25) is 0 Å². The maximum atomic E-state index is 12.8. The van der Waals surface area contributed by atoms with Crippen molar-refractivity contribution in [1.82, 2.24) is 4.90 Å². The molecule has 1 heterocycles. The molecule has 1 amide bonds. The van der Waals surface area contributed by atoms with Crippen LogP contribution in [0.3, 0.4) is 0 Å². The molecule has 2 fully saturated rings. The summed E-state index contributed by atoms with van der Waals surface area (Å²) < 4.78 is 16.7. The zero-order valence-electron chi connectivity index (χ0n) is 17.8. The number of nitrogens with zero attached hydrogens (tertiary/aromatic N) is 1. The maximum Gasteiger partial charge on any atom is 0.410 e. The minimum absolute atomic E-state index is 0.00455. The highest BCUT2D eigenvalue weighted by molar-refractivity contribution is 5.72. The number of methoxy groups -OCH3 is 1. The summed E-state index contributed by atoms with van der Waals surface area (Å²) in [7, 11) is 1.45. The van der Waals surface area contributed by atoms with Gasteiger partial charge in [0.05, 0.1) is 31.8 Å². The van der Waals surface area contributed by atoms with E-state index >= 15 is 0 Å². The number of ether oxygens (including phenoxy) is 3. The second-order valence-electron chi connectivity index (χ2n) is 9.26. The number of amides is 1. The first-order chi connectivity index (χ1) is 12.6. The lowest BCUT2D eigenvalue weighted by atomic mass is 9.87. The van der Waals surface area contributed by atoms with E-state index < -0.39 is 5.60 Å². The number of carbonyl (C=O) groups is 2. The number of likely N-dealkylation sites (tertiary alicyclic amines) is 1. The second-order valence-corrected chi connectivity index (χ2v) is 9.26. The molecule has 0 radical (unpaired) electrons. The molecule has 0 bridgehead atoms. The highest BCUT2D eigenvalue weighted by atomic mass is 16.6. The average Bonchev–Trinajstić information content (AvgIpc) is 3.02. The van der Waals surface area contributed by atoms with Crippen LogP contribution < -0.4 is 0 Å². The highest BCUT2D eigenvalue weighted by Crippen LogP contribution is 2.33. The highest BCUT2D eigenvalue weighted by Gasteiger charge is 2.41. The van der Waals surface area contributed by atoms with Crippen molar-refractivity contribution in [3.8, 4) is 0 Å². The van der Waals surface area contributed by atoms with E-state index in [1.807, 2.05) is 25.7 Å². The summed E-state index contributed by atoms with van der Waals surface area (Å²) in [6, 6.07) is 0.258. The third kappa shape index (κ3) is 6.09. The number of hydrogen-bond acceptors (Lipinski definition) is 5. The third-order valence-corrected chi connectivity index (χ3v) is 5.65. The minimum atomic E-state index is -0.501. The number of hydrogen-bond donors (Lipinski definition) is 0. The lowest BCUT2D eigenvalue weighted by molar-refractivity contribution is -0.147. The third-order valence-electron chi connectivity index (χ3n) is 5.65. The Morgan fingerprint density at radius 1 is 1.04 bits per heavy atom. The quantitative estimate of drug-likeness (QED) is 0.667. The van der Waals surface area contributed by atoms with Crippen molar-refractivity contribution in [1.29, 1.82) is 0 Å². The van der Waals surface area contributed by atoms with E-state index in [-0.39, 0.29) is 36.2 Å². The van der Waals surface area contributed by atoms with Crippen LogP contribution in [0.15, 0.2) is 0 Å². The molecule has 27 heavy (non-hydrogen) atoms. The van der Waals surface area contributed by atoms with Gasteiger partial charge in [0.1, 0.15) is 5.60 Å². The molecule has 1 aliphatic heterocycles. The van der Waals surface area contributed by atoms with Crippen LogP contribution in [0.1, 0.15) is 73.1 Å². The topological polar surface area (TPSA) is 65.1 Å². The number of rotatable bonds is 5. The van der Waals surface area contributed by atoms with E-state index in [0.717, 1.165) is 38.5 Å². The van der Waals surface area contributed by atoms with Gasteiger partial charge in [-0.25, -0.2) is 4.79 Å². The van der Waals surface area contributed by atoms with Crippen LogP contribution in [-0.4, -0.2) is 54.5 Å². The fourth-order valence-electron chi connectivity index (χ4n) is 4.21. The molecule has 2 aliphatic rings. The Balaban J connectivity index is 1.90. The molecule has 6 nitrogen and oxygen atoms in total. The molecular weight excluding hydrogens is 346 g/mol. The molecule has 1 saturated heterocycles. The molecule has 0 aromatic rings. The van der Waals surface area contributed by atoms with Crippen LogP contribution in [0.5, 0.6) is 0 Å². The molecule has 156 valence electrons. The summed E-state index contributed by atoms with van der Waals surface area (Å²) in [4.78, 5) is 26.3. The van der Waals surface area contributed by atoms with E-state index in [1.54, 1.807) is 0 Å². The van der Waals surface area contributed by atoms with Crippen molar-refractivity contribution < 1.29 is 23.8 Å². The monoisotopic (exact) mass is 383 g/mol. The van der Waals surface area contributed by atoms with Gasteiger partial charge in [-0.15, -0.1) is 0 Å². The zero-order chi connectivity index (χ0) is 20.2. The van der Waals surface area contributed by atoms with Gasteiger partial charge in [0, 0.05) is 6.04 Å². The van der Waals surface area contributed by atoms with Crippen LogP contribution in [0.2, 0.25) is 0 Å². The van der Waals surface area contributed by atoms with Crippen molar-refractivity contribution >= 4 is 12.1 Å². The smallest absolute Gasteiger partial charge is 0.410 e. The fraction of sp³-hybridized carbons (Fsp3) is 0.905. The summed E-state index contributed by atoms with van der Waals surface area (Å²) in [6.07, 6.45) is 5.21. The van der Waals surface area contributed by atoms with Crippen LogP contribution in [0.4, 0.5) is 4.79 Å². The van der Waals surface area contributed by atoms with Crippen molar-refractivity contribution in [2.24, 2.45) is 11.8 Å². The Labute approximate surface area is 163 Å². The van der Waals surface area contributed by atoms with E-state index in [0.29, 0.717) is 12.5 Å². The van der Waals surface area contributed by atoms with Gasteiger partial charge in [-0.3, -0.25) is 9.69 Å². The molecule has 2 rings (SSSR count). The summed E-state index contributed by atoms with van der Waals surface area (Å²) in [5.74, 6) is 0.281. The van der Waals surface area contributed by atoms with Crippen LogP contribution >= 0.6 is 0 Å². The maximum absolute atomic E-state index is 12.8. The van der Waals surface area contributed by atoms with Gasteiger partial charge in [-0.1, -0.05) is 13.8 Å². The zero-order valence-corrected chi connectivity index (χ0v) is 17.8. The van der Waals surface area contributed by atoms with E-state index in [4.69, 9.17) is 14.2 Å². The first-order valence-electron chi connectivity index (χ1n) is 10.3. The van der Waals surface area contributed by atoms with Gasteiger partial charge in [0.25, 0.3) is 0 Å². The molecule has 6 heteroatoms. The first-order valence-corrected chi connectivity index (χ1v) is 10.3. The number of esters is 1. The Hall–Kier alpha value is -1.30. The molecule has 0 spiro atoms. The lowest BCUT2D eigenvalue weighted by Gasteiger charge is -2.35. The predicted molar refractivity (Wildman–Crippen MR) is 103 cm³/mol. The molecule has 0 N–H and O–H groups in total. The largest absolute Gasteiger partial charge is 0.469 e. The van der Waals surface area contributed by atoms with Gasteiger partial charge < -0.3 is 14.2 Å². The number of carbonyl (C=O) groups excluding carboxylic acids is 2. The van der Waals surface area contributed by atoms with Crippen LogP contribution in [0.25, 0.3) is 0 Å². The lowest BCUT2D eigenvalue weighted by Crippen LogP contribution is -2.48. The van der Waals surface area contributed by atoms with Gasteiger partial charge >= 0.3 is 12.1 Å². The fourth-order valence-corrected chi connectivity index (χ4v) is 4.21. The van der Waals surface area contributed by atoms with Crippen LogP contribution in [-0.2, 0) is 19.0 Å². The predicted octanol–water partition coefficient (Wildman–Crippen LogP) is 4.16.